The highest BCUT2D eigenvalue weighted by Crippen LogP contribution is 2.37. The van der Waals surface area contributed by atoms with Crippen molar-refractivity contribution in [3.63, 3.8) is 0 Å². The molecule has 19 heavy (non-hydrogen) atoms. The second-order valence-corrected chi connectivity index (χ2v) is 4.05. The lowest BCUT2D eigenvalue weighted by molar-refractivity contribution is 0.102. The standard InChI is InChI=1S/C13H12N2O4/c14-9-5-11-12(19-4-3-18-11)6-10(9)15-13(16)8-1-2-17-7-8/h1-2,5-7H,3-4,14H2,(H,15,16). The molecule has 0 saturated heterocycles. The summed E-state index contributed by atoms with van der Waals surface area (Å²) in [6.07, 6.45) is 2.80. The Morgan fingerprint density at radius 1 is 1.21 bits per heavy atom. The molecule has 3 rings (SSSR count). The summed E-state index contributed by atoms with van der Waals surface area (Å²) in [5.41, 5.74) is 7.20. The predicted molar refractivity (Wildman–Crippen MR) is 68.5 cm³/mol. The molecule has 1 aliphatic rings. The Kier molecular flexibility index (Phi) is 2.75. The van der Waals surface area contributed by atoms with Gasteiger partial charge in [0.1, 0.15) is 19.5 Å². The molecular formula is C13H12N2O4. The van der Waals surface area contributed by atoms with Crippen molar-refractivity contribution in [1.82, 2.24) is 0 Å². The van der Waals surface area contributed by atoms with E-state index in [0.717, 1.165) is 0 Å². The van der Waals surface area contributed by atoms with Crippen LogP contribution in [0, 0.1) is 0 Å². The molecule has 0 unspecified atom stereocenters. The Bertz CT molecular complexity index is 607. The molecule has 2 aromatic rings. The van der Waals surface area contributed by atoms with Crippen molar-refractivity contribution in [1.29, 1.82) is 0 Å². The maximum absolute atomic E-state index is 11.9. The number of nitrogens with one attached hydrogen (secondary N) is 1. The molecule has 1 amide bonds. The van der Waals surface area contributed by atoms with Crippen molar-refractivity contribution in [2.75, 3.05) is 24.3 Å². The minimum atomic E-state index is -0.294. The molecule has 0 spiro atoms. The number of anilines is 2. The number of fused-ring (bicyclic) bond motifs is 1. The van der Waals surface area contributed by atoms with Crippen LogP contribution in [0.5, 0.6) is 11.5 Å². The second-order valence-electron chi connectivity index (χ2n) is 4.05. The first kappa shape index (κ1) is 11.5. The van der Waals surface area contributed by atoms with Gasteiger partial charge in [-0.3, -0.25) is 4.79 Å². The summed E-state index contributed by atoms with van der Waals surface area (Å²) < 4.78 is 15.7. The number of carbonyl (C=O) groups is 1. The Morgan fingerprint density at radius 2 is 1.95 bits per heavy atom. The van der Waals surface area contributed by atoms with Crippen molar-refractivity contribution in [2.24, 2.45) is 0 Å². The van der Waals surface area contributed by atoms with Gasteiger partial charge in [0, 0.05) is 12.1 Å². The van der Waals surface area contributed by atoms with Gasteiger partial charge >= 0.3 is 0 Å². The number of nitrogens with two attached hydrogens (primary N) is 1. The summed E-state index contributed by atoms with van der Waals surface area (Å²) in [4.78, 5) is 11.9. The number of furan rings is 1. The largest absolute Gasteiger partial charge is 0.486 e. The molecule has 6 nitrogen and oxygen atoms in total. The molecule has 3 N–H and O–H groups in total. The summed E-state index contributed by atoms with van der Waals surface area (Å²) in [6, 6.07) is 4.87. The quantitative estimate of drug-likeness (QED) is 0.805. The molecule has 1 aromatic carbocycles. The SMILES string of the molecule is Nc1cc2c(cc1NC(=O)c1ccoc1)OCCO2. The third kappa shape index (κ3) is 2.20. The minimum absolute atomic E-state index is 0.294. The second kappa shape index (κ2) is 4.56. The van der Waals surface area contributed by atoms with Crippen molar-refractivity contribution >= 4 is 17.3 Å². The van der Waals surface area contributed by atoms with Gasteiger partial charge in [-0.25, -0.2) is 0 Å². The molecule has 6 heteroatoms. The topological polar surface area (TPSA) is 86.7 Å². The number of benzene rings is 1. The lowest BCUT2D eigenvalue weighted by atomic mass is 10.2. The predicted octanol–water partition coefficient (Wildman–Crippen LogP) is 1.89. The molecule has 2 heterocycles. The van der Waals surface area contributed by atoms with Gasteiger partial charge in [0.05, 0.1) is 23.2 Å². The highest BCUT2D eigenvalue weighted by atomic mass is 16.6. The Labute approximate surface area is 109 Å². The van der Waals surface area contributed by atoms with Crippen LogP contribution < -0.4 is 20.5 Å². The van der Waals surface area contributed by atoms with Gasteiger partial charge in [0.25, 0.3) is 5.91 Å². The van der Waals surface area contributed by atoms with Crippen molar-refractivity contribution < 1.29 is 18.7 Å². The van der Waals surface area contributed by atoms with E-state index in [1.54, 1.807) is 18.2 Å². The minimum Gasteiger partial charge on any atom is -0.486 e. The average Bonchev–Trinajstić information content (AvgIpc) is 2.93. The first-order chi connectivity index (χ1) is 9.24. The normalized spacial score (nSPS) is 13.1. The van der Waals surface area contributed by atoms with E-state index in [2.05, 4.69) is 5.32 Å². The highest BCUT2D eigenvalue weighted by Gasteiger charge is 2.16. The van der Waals surface area contributed by atoms with E-state index in [1.807, 2.05) is 0 Å². The average molecular weight is 260 g/mol. The van der Waals surface area contributed by atoms with E-state index in [0.29, 0.717) is 41.7 Å². The fourth-order valence-corrected chi connectivity index (χ4v) is 1.80. The van der Waals surface area contributed by atoms with E-state index in [4.69, 9.17) is 19.6 Å². The molecule has 0 atom stereocenters. The Morgan fingerprint density at radius 3 is 2.63 bits per heavy atom. The number of ether oxygens (including phenoxy) is 2. The molecule has 0 radical (unpaired) electrons. The maximum Gasteiger partial charge on any atom is 0.258 e. The fraction of sp³-hybridized carbons (Fsp3) is 0.154. The van der Waals surface area contributed by atoms with Crippen molar-refractivity contribution in [3.05, 3.63) is 36.3 Å². The highest BCUT2D eigenvalue weighted by molar-refractivity contribution is 6.05. The lowest BCUT2D eigenvalue weighted by Crippen LogP contribution is -2.17. The fourth-order valence-electron chi connectivity index (χ4n) is 1.80. The van der Waals surface area contributed by atoms with Gasteiger partial charge in [-0.1, -0.05) is 0 Å². The van der Waals surface area contributed by atoms with E-state index in [-0.39, 0.29) is 5.91 Å². The van der Waals surface area contributed by atoms with Crippen LogP contribution in [-0.4, -0.2) is 19.1 Å². The molecule has 98 valence electrons. The van der Waals surface area contributed by atoms with Gasteiger partial charge in [0.15, 0.2) is 11.5 Å². The van der Waals surface area contributed by atoms with Crippen LogP contribution in [0.25, 0.3) is 0 Å². The number of rotatable bonds is 2. The lowest BCUT2D eigenvalue weighted by Gasteiger charge is -2.20. The molecule has 0 aliphatic carbocycles. The smallest absolute Gasteiger partial charge is 0.258 e. The van der Waals surface area contributed by atoms with Gasteiger partial charge in [-0.15, -0.1) is 0 Å². The van der Waals surface area contributed by atoms with Crippen LogP contribution in [0.1, 0.15) is 10.4 Å². The van der Waals surface area contributed by atoms with E-state index < -0.39 is 0 Å². The summed E-state index contributed by atoms with van der Waals surface area (Å²) in [6.45, 7) is 0.971. The molecule has 1 aliphatic heterocycles. The maximum atomic E-state index is 11.9. The number of hydrogen-bond acceptors (Lipinski definition) is 5. The molecule has 1 aromatic heterocycles. The van der Waals surface area contributed by atoms with Gasteiger partial charge in [0.2, 0.25) is 0 Å². The van der Waals surface area contributed by atoms with Crippen molar-refractivity contribution in [3.8, 4) is 11.5 Å². The zero-order valence-corrected chi connectivity index (χ0v) is 10.0. The summed E-state index contributed by atoms with van der Waals surface area (Å²) in [7, 11) is 0. The van der Waals surface area contributed by atoms with Gasteiger partial charge in [-0.05, 0) is 6.07 Å². The van der Waals surface area contributed by atoms with Gasteiger partial charge in [-0.2, -0.15) is 0 Å². The van der Waals surface area contributed by atoms with Crippen molar-refractivity contribution in [2.45, 2.75) is 0 Å². The third-order valence-electron chi connectivity index (χ3n) is 2.75. The van der Waals surface area contributed by atoms with E-state index >= 15 is 0 Å². The number of amides is 1. The van der Waals surface area contributed by atoms with E-state index in [9.17, 15) is 4.79 Å². The molecular weight excluding hydrogens is 248 g/mol. The van der Waals surface area contributed by atoms with Crippen LogP contribution >= 0.6 is 0 Å². The molecule has 0 bridgehead atoms. The number of hydrogen-bond donors (Lipinski definition) is 2. The van der Waals surface area contributed by atoms with Crippen LogP contribution in [-0.2, 0) is 0 Å². The first-order valence-corrected chi connectivity index (χ1v) is 5.77. The Hall–Kier alpha value is -2.63. The monoisotopic (exact) mass is 260 g/mol. The number of nitrogen functional groups attached to an aromatic ring is 1. The first-order valence-electron chi connectivity index (χ1n) is 5.77. The van der Waals surface area contributed by atoms with Gasteiger partial charge < -0.3 is 24.9 Å². The Balaban J connectivity index is 1.87. The number of carbonyl (C=O) groups excluding carboxylic acids is 1. The van der Waals surface area contributed by atoms with Crippen LogP contribution in [0.4, 0.5) is 11.4 Å². The van der Waals surface area contributed by atoms with Crippen LogP contribution in [0.3, 0.4) is 0 Å². The summed E-state index contributed by atoms with van der Waals surface area (Å²) >= 11 is 0. The van der Waals surface area contributed by atoms with Crippen LogP contribution in [0.15, 0.2) is 35.1 Å². The third-order valence-corrected chi connectivity index (χ3v) is 2.75. The van der Waals surface area contributed by atoms with Crippen LogP contribution in [0.2, 0.25) is 0 Å². The summed E-state index contributed by atoms with van der Waals surface area (Å²) in [5.74, 6) is 0.866. The zero-order valence-electron chi connectivity index (χ0n) is 10.0. The van der Waals surface area contributed by atoms with E-state index in [1.165, 1.54) is 12.5 Å². The zero-order chi connectivity index (χ0) is 13.2. The molecule has 0 saturated carbocycles. The molecule has 0 fully saturated rings. The summed E-state index contributed by atoms with van der Waals surface area (Å²) in [5, 5.41) is 2.70.